The molecule has 0 aliphatic heterocycles. The van der Waals surface area contributed by atoms with Crippen molar-refractivity contribution in [1.82, 2.24) is 0 Å². The van der Waals surface area contributed by atoms with Crippen LogP contribution in [0.2, 0.25) is 0 Å². The van der Waals surface area contributed by atoms with Gasteiger partial charge in [0.2, 0.25) is 0 Å². The van der Waals surface area contributed by atoms with Crippen LogP contribution in [0, 0.1) is 0 Å². The van der Waals surface area contributed by atoms with E-state index in [1.165, 1.54) is 0 Å². The van der Waals surface area contributed by atoms with Gasteiger partial charge in [0.1, 0.15) is 18.1 Å². The number of benzene rings is 2. The summed E-state index contributed by atoms with van der Waals surface area (Å²) in [5.74, 6) is 1.26. The van der Waals surface area contributed by atoms with E-state index in [4.69, 9.17) is 9.47 Å². The molecular formula is C18H19NO3. The van der Waals surface area contributed by atoms with E-state index in [0.29, 0.717) is 30.2 Å². The maximum Gasteiger partial charge on any atom is 0.255 e. The van der Waals surface area contributed by atoms with Crippen LogP contribution < -0.4 is 14.8 Å². The second kappa shape index (κ2) is 7.88. The van der Waals surface area contributed by atoms with Crippen molar-refractivity contribution in [3.8, 4) is 11.5 Å². The Balaban J connectivity index is 2.03. The number of carbonyl (C=O) groups is 1. The first-order chi connectivity index (χ1) is 10.7. The number of amides is 1. The van der Waals surface area contributed by atoms with Gasteiger partial charge in [-0.15, -0.1) is 0 Å². The summed E-state index contributed by atoms with van der Waals surface area (Å²) in [5.41, 5.74) is 1.25. The van der Waals surface area contributed by atoms with E-state index < -0.39 is 0 Å². The van der Waals surface area contributed by atoms with Gasteiger partial charge in [-0.2, -0.15) is 0 Å². The zero-order chi connectivity index (χ0) is 15.8. The minimum atomic E-state index is -0.177. The first kappa shape index (κ1) is 15.6. The Hall–Kier alpha value is -2.75. The van der Waals surface area contributed by atoms with Crippen LogP contribution in [0.15, 0.2) is 61.2 Å². The van der Waals surface area contributed by atoms with Gasteiger partial charge in [0, 0.05) is 17.3 Å². The molecule has 2 aromatic rings. The first-order valence-electron chi connectivity index (χ1n) is 7.11. The Kier molecular flexibility index (Phi) is 5.60. The largest absolute Gasteiger partial charge is 0.494 e. The molecule has 0 spiro atoms. The fourth-order valence-corrected chi connectivity index (χ4v) is 1.89. The number of ether oxygens (including phenoxy) is 2. The Bertz CT molecular complexity index is 635. The summed E-state index contributed by atoms with van der Waals surface area (Å²) in [6.45, 7) is 6.55. The zero-order valence-corrected chi connectivity index (χ0v) is 12.5. The van der Waals surface area contributed by atoms with E-state index in [1.807, 2.05) is 25.1 Å². The molecule has 0 aromatic heterocycles. The summed E-state index contributed by atoms with van der Waals surface area (Å²) in [6, 6.07) is 14.3. The molecule has 0 fully saturated rings. The van der Waals surface area contributed by atoms with Crippen LogP contribution in [0.5, 0.6) is 11.5 Å². The second-order valence-corrected chi connectivity index (χ2v) is 4.54. The van der Waals surface area contributed by atoms with Gasteiger partial charge in [0.05, 0.1) is 6.61 Å². The van der Waals surface area contributed by atoms with E-state index >= 15 is 0 Å². The van der Waals surface area contributed by atoms with Crippen LogP contribution in [-0.4, -0.2) is 19.1 Å². The highest BCUT2D eigenvalue weighted by molar-refractivity contribution is 6.04. The van der Waals surface area contributed by atoms with Crippen LogP contribution >= 0.6 is 0 Å². The van der Waals surface area contributed by atoms with E-state index in [-0.39, 0.29) is 5.91 Å². The normalized spacial score (nSPS) is 9.86. The third-order valence-electron chi connectivity index (χ3n) is 2.89. The van der Waals surface area contributed by atoms with Crippen molar-refractivity contribution < 1.29 is 14.3 Å². The molecule has 0 radical (unpaired) electrons. The molecule has 1 N–H and O–H groups in total. The first-order valence-corrected chi connectivity index (χ1v) is 7.11. The lowest BCUT2D eigenvalue weighted by molar-refractivity contribution is 0.102. The molecule has 4 heteroatoms. The van der Waals surface area contributed by atoms with Gasteiger partial charge in [0.15, 0.2) is 0 Å². The molecule has 2 aromatic carbocycles. The molecule has 0 heterocycles. The maximum absolute atomic E-state index is 12.2. The summed E-state index contributed by atoms with van der Waals surface area (Å²) in [5, 5.41) is 2.84. The number of nitrogens with one attached hydrogen (secondary N) is 1. The zero-order valence-electron chi connectivity index (χ0n) is 12.5. The summed E-state index contributed by atoms with van der Waals surface area (Å²) in [4.78, 5) is 12.2. The van der Waals surface area contributed by atoms with Gasteiger partial charge in [-0.05, 0) is 43.3 Å². The third kappa shape index (κ3) is 4.38. The van der Waals surface area contributed by atoms with Gasteiger partial charge in [-0.1, -0.05) is 18.7 Å². The van der Waals surface area contributed by atoms with Gasteiger partial charge in [-0.3, -0.25) is 4.79 Å². The number of carbonyl (C=O) groups excluding carboxylic acids is 1. The van der Waals surface area contributed by atoms with Crippen molar-refractivity contribution in [2.24, 2.45) is 0 Å². The molecule has 0 aliphatic carbocycles. The van der Waals surface area contributed by atoms with Crippen molar-refractivity contribution in [2.45, 2.75) is 6.92 Å². The molecule has 22 heavy (non-hydrogen) atoms. The van der Waals surface area contributed by atoms with Crippen molar-refractivity contribution in [3.05, 3.63) is 66.7 Å². The number of rotatable bonds is 7. The number of anilines is 1. The average molecular weight is 297 g/mol. The average Bonchev–Trinajstić information content (AvgIpc) is 2.54. The summed E-state index contributed by atoms with van der Waals surface area (Å²) in [7, 11) is 0. The van der Waals surface area contributed by atoms with E-state index in [9.17, 15) is 4.79 Å². The summed E-state index contributed by atoms with van der Waals surface area (Å²) in [6.07, 6.45) is 1.67. The SMILES string of the molecule is C=CCOc1cccc(NC(=O)c2ccc(OCC)cc2)c1. The van der Waals surface area contributed by atoms with Crippen LogP contribution in [0.3, 0.4) is 0 Å². The van der Waals surface area contributed by atoms with Gasteiger partial charge < -0.3 is 14.8 Å². The molecule has 2 rings (SSSR count). The molecule has 114 valence electrons. The fourth-order valence-electron chi connectivity index (χ4n) is 1.89. The minimum Gasteiger partial charge on any atom is -0.494 e. The quantitative estimate of drug-likeness (QED) is 0.788. The van der Waals surface area contributed by atoms with Crippen molar-refractivity contribution >= 4 is 11.6 Å². The molecule has 0 saturated heterocycles. The number of hydrogen-bond donors (Lipinski definition) is 1. The lowest BCUT2D eigenvalue weighted by atomic mass is 10.2. The van der Waals surface area contributed by atoms with Crippen LogP contribution in [0.1, 0.15) is 17.3 Å². The molecule has 4 nitrogen and oxygen atoms in total. The van der Waals surface area contributed by atoms with Gasteiger partial charge in [-0.25, -0.2) is 0 Å². The maximum atomic E-state index is 12.2. The molecule has 0 saturated carbocycles. The van der Waals surface area contributed by atoms with Crippen LogP contribution in [0.4, 0.5) is 5.69 Å². The monoisotopic (exact) mass is 297 g/mol. The van der Waals surface area contributed by atoms with Crippen LogP contribution in [-0.2, 0) is 0 Å². The molecule has 0 aliphatic rings. The Morgan fingerprint density at radius 2 is 1.91 bits per heavy atom. The fraction of sp³-hybridized carbons (Fsp3) is 0.167. The van der Waals surface area contributed by atoms with Gasteiger partial charge >= 0.3 is 0 Å². The number of hydrogen-bond acceptors (Lipinski definition) is 3. The molecule has 0 atom stereocenters. The summed E-state index contributed by atoms with van der Waals surface area (Å²) < 4.78 is 10.8. The van der Waals surface area contributed by atoms with Crippen molar-refractivity contribution in [1.29, 1.82) is 0 Å². The molecule has 0 bridgehead atoms. The Labute approximate surface area is 130 Å². The highest BCUT2D eigenvalue weighted by Crippen LogP contribution is 2.19. The highest BCUT2D eigenvalue weighted by Gasteiger charge is 2.07. The van der Waals surface area contributed by atoms with Crippen molar-refractivity contribution in [3.63, 3.8) is 0 Å². The van der Waals surface area contributed by atoms with Crippen molar-refractivity contribution in [2.75, 3.05) is 18.5 Å². The predicted molar refractivity (Wildman–Crippen MR) is 87.7 cm³/mol. The highest BCUT2D eigenvalue weighted by atomic mass is 16.5. The lowest BCUT2D eigenvalue weighted by Gasteiger charge is -2.09. The summed E-state index contributed by atoms with van der Waals surface area (Å²) >= 11 is 0. The molecule has 1 amide bonds. The Morgan fingerprint density at radius 3 is 2.59 bits per heavy atom. The van der Waals surface area contributed by atoms with E-state index in [0.717, 1.165) is 5.75 Å². The van der Waals surface area contributed by atoms with E-state index in [2.05, 4.69) is 11.9 Å². The molecular weight excluding hydrogens is 278 g/mol. The Morgan fingerprint density at radius 1 is 1.14 bits per heavy atom. The topological polar surface area (TPSA) is 47.6 Å². The predicted octanol–water partition coefficient (Wildman–Crippen LogP) is 3.90. The standard InChI is InChI=1S/C18H19NO3/c1-3-12-22-17-7-5-6-15(13-17)19-18(20)14-8-10-16(11-9-14)21-4-2/h3,5-11,13H,1,4,12H2,2H3,(H,19,20). The third-order valence-corrected chi connectivity index (χ3v) is 2.89. The smallest absolute Gasteiger partial charge is 0.255 e. The van der Waals surface area contributed by atoms with Crippen LogP contribution in [0.25, 0.3) is 0 Å². The lowest BCUT2D eigenvalue weighted by Crippen LogP contribution is -2.11. The molecule has 0 unspecified atom stereocenters. The van der Waals surface area contributed by atoms with E-state index in [1.54, 1.807) is 36.4 Å². The van der Waals surface area contributed by atoms with Gasteiger partial charge in [0.25, 0.3) is 5.91 Å². The minimum absolute atomic E-state index is 0.177. The second-order valence-electron chi connectivity index (χ2n) is 4.54.